The molecule has 1 heterocycles. The third kappa shape index (κ3) is 3.79. The lowest BCUT2D eigenvalue weighted by molar-refractivity contribution is 0.101. The highest BCUT2D eigenvalue weighted by Gasteiger charge is 2.22. The van der Waals surface area contributed by atoms with E-state index in [1.165, 1.54) is 10.7 Å². The Hall–Kier alpha value is -2.15. The Bertz CT molecular complexity index is 846. The molecule has 1 amide bonds. The van der Waals surface area contributed by atoms with Crippen LogP contribution < -0.4 is 5.32 Å². The van der Waals surface area contributed by atoms with Crippen molar-refractivity contribution in [2.24, 2.45) is 7.05 Å². The van der Waals surface area contributed by atoms with Crippen LogP contribution in [0.25, 0.3) is 0 Å². The van der Waals surface area contributed by atoms with Gasteiger partial charge < -0.3 is 5.32 Å². The molecule has 1 N–H and O–H groups in total. The Morgan fingerprint density at radius 3 is 2.35 bits per heavy atom. The molecule has 0 fully saturated rings. The summed E-state index contributed by atoms with van der Waals surface area (Å²) in [4.78, 5) is 12.6. The third-order valence-electron chi connectivity index (χ3n) is 3.42. The van der Waals surface area contributed by atoms with Gasteiger partial charge in [-0.05, 0) is 18.2 Å². The molecule has 124 valence electrons. The number of nitrogens with zero attached hydrogens (tertiary/aromatic N) is 2. The molecule has 2 aromatic rings. The number of amides is 1. The van der Waals surface area contributed by atoms with E-state index in [1.807, 2.05) is 20.8 Å². The minimum Gasteiger partial charge on any atom is -0.319 e. The van der Waals surface area contributed by atoms with Crippen molar-refractivity contribution in [1.29, 1.82) is 0 Å². The largest absolute Gasteiger partial charge is 0.319 e. The molecule has 0 aliphatic heterocycles. The predicted octanol–water partition coefficient (Wildman–Crippen LogP) is 2.37. The van der Waals surface area contributed by atoms with Crippen LogP contribution in [0.3, 0.4) is 0 Å². The number of para-hydroxylation sites is 1. The first kappa shape index (κ1) is 17.2. The van der Waals surface area contributed by atoms with E-state index in [-0.39, 0.29) is 16.0 Å². The molecule has 0 aliphatic carbocycles. The maximum Gasteiger partial charge on any atom is 0.273 e. The van der Waals surface area contributed by atoms with Crippen LogP contribution in [0.1, 0.15) is 37.0 Å². The lowest BCUT2D eigenvalue weighted by Gasteiger charge is -2.13. The molecule has 1 aromatic heterocycles. The molecule has 0 unspecified atom stereocenters. The Morgan fingerprint density at radius 1 is 1.22 bits per heavy atom. The van der Waals surface area contributed by atoms with Gasteiger partial charge in [0.2, 0.25) is 0 Å². The second-order valence-corrected chi connectivity index (χ2v) is 8.50. The second kappa shape index (κ2) is 5.81. The van der Waals surface area contributed by atoms with E-state index < -0.39 is 15.7 Å². The van der Waals surface area contributed by atoms with Gasteiger partial charge in [-0.15, -0.1) is 0 Å². The quantitative estimate of drug-likeness (QED) is 0.934. The topological polar surface area (TPSA) is 81.1 Å². The van der Waals surface area contributed by atoms with Crippen molar-refractivity contribution in [3.8, 4) is 0 Å². The fourth-order valence-corrected chi connectivity index (χ4v) is 2.97. The summed E-state index contributed by atoms with van der Waals surface area (Å²) < 4.78 is 25.1. The van der Waals surface area contributed by atoms with Crippen LogP contribution in [0, 0.1) is 0 Å². The summed E-state index contributed by atoms with van der Waals surface area (Å²) >= 11 is 0. The number of aromatic nitrogens is 2. The van der Waals surface area contributed by atoms with Crippen LogP contribution in [0.15, 0.2) is 35.2 Å². The van der Waals surface area contributed by atoms with Crippen LogP contribution in [0.4, 0.5) is 5.69 Å². The fraction of sp³-hybridized carbons (Fsp3) is 0.375. The van der Waals surface area contributed by atoms with Gasteiger partial charge in [0, 0.05) is 18.7 Å². The molecule has 0 spiro atoms. The smallest absolute Gasteiger partial charge is 0.273 e. The SMILES string of the molecule is Cn1nc(C(C)(C)C)cc1C(=O)Nc1ccccc1S(C)(=O)=O. The van der Waals surface area contributed by atoms with E-state index >= 15 is 0 Å². The number of sulfone groups is 1. The standard InChI is InChI=1S/C16H21N3O3S/c1-16(2,3)14-10-12(19(4)18-14)15(20)17-11-8-6-7-9-13(11)23(5,21)22/h6-10H,1-5H3,(H,17,20). The minimum absolute atomic E-state index is 0.0894. The van der Waals surface area contributed by atoms with Crippen molar-refractivity contribution >= 4 is 21.4 Å². The zero-order chi connectivity index (χ0) is 17.4. The average Bonchev–Trinajstić information content (AvgIpc) is 2.80. The molecule has 2 rings (SSSR count). The highest BCUT2D eigenvalue weighted by Crippen LogP contribution is 2.24. The van der Waals surface area contributed by atoms with Crippen LogP contribution >= 0.6 is 0 Å². The number of hydrogen-bond acceptors (Lipinski definition) is 4. The van der Waals surface area contributed by atoms with E-state index in [2.05, 4.69) is 10.4 Å². The van der Waals surface area contributed by atoms with Gasteiger partial charge in [0.1, 0.15) is 5.69 Å². The lowest BCUT2D eigenvalue weighted by atomic mass is 9.92. The summed E-state index contributed by atoms with van der Waals surface area (Å²) in [6.45, 7) is 6.03. The monoisotopic (exact) mass is 335 g/mol. The number of aryl methyl sites for hydroxylation is 1. The molecule has 1 aromatic carbocycles. The maximum absolute atomic E-state index is 12.5. The Kier molecular flexibility index (Phi) is 4.34. The van der Waals surface area contributed by atoms with Gasteiger partial charge in [-0.1, -0.05) is 32.9 Å². The summed E-state index contributed by atoms with van der Waals surface area (Å²) in [5.41, 5.74) is 1.25. The van der Waals surface area contributed by atoms with Gasteiger partial charge in [-0.2, -0.15) is 5.10 Å². The molecule has 0 aliphatic rings. The van der Waals surface area contributed by atoms with Crippen molar-refractivity contribution in [2.75, 3.05) is 11.6 Å². The predicted molar refractivity (Wildman–Crippen MR) is 89.4 cm³/mol. The zero-order valence-corrected chi connectivity index (χ0v) is 14.7. The molecule has 0 atom stereocenters. The number of carbonyl (C=O) groups excluding carboxylic acids is 1. The number of hydrogen-bond donors (Lipinski definition) is 1. The van der Waals surface area contributed by atoms with Crippen LogP contribution in [-0.2, 0) is 22.3 Å². The van der Waals surface area contributed by atoms with Crippen LogP contribution in [0.5, 0.6) is 0 Å². The summed E-state index contributed by atoms with van der Waals surface area (Å²) in [7, 11) is -1.74. The first-order chi connectivity index (χ1) is 10.5. The lowest BCUT2D eigenvalue weighted by Crippen LogP contribution is -2.17. The zero-order valence-electron chi connectivity index (χ0n) is 13.9. The molecule has 6 nitrogen and oxygen atoms in total. The van der Waals surface area contributed by atoms with Gasteiger partial charge in [0.05, 0.1) is 16.3 Å². The van der Waals surface area contributed by atoms with E-state index in [1.54, 1.807) is 31.3 Å². The molecule has 0 saturated carbocycles. The number of benzene rings is 1. The van der Waals surface area contributed by atoms with Crippen LogP contribution in [0.2, 0.25) is 0 Å². The van der Waals surface area contributed by atoms with Crippen molar-refractivity contribution in [3.63, 3.8) is 0 Å². The third-order valence-corrected chi connectivity index (χ3v) is 4.57. The van der Waals surface area contributed by atoms with Gasteiger partial charge in [0.15, 0.2) is 9.84 Å². The molecular weight excluding hydrogens is 314 g/mol. The molecular formula is C16H21N3O3S. The maximum atomic E-state index is 12.5. The Morgan fingerprint density at radius 2 is 1.83 bits per heavy atom. The molecule has 23 heavy (non-hydrogen) atoms. The first-order valence-corrected chi connectivity index (χ1v) is 9.04. The van der Waals surface area contributed by atoms with Crippen molar-refractivity contribution < 1.29 is 13.2 Å². The second-order valence-electron chi connectivity index (χ2n) is 6.51. The summed E-state index contributed by atoms with van der Waals surface area (Å²) in [6.07, 6.45) is 1.11. The highest BCUT2D eigenvalue weighted by molar-refractivity contribution is 7.90. The number of anilines is 1. The van der Waals surface area contributed by atoms with E-state index in [4.69, 9.17) is 0 Å². The normalized spacial score (nSPS) is 12.2. The summed E-state index contributed by atoms with van der Waals surface area (Å²) in [6, 6.07) is 8.05. The Balaban J connectivity index is 2.37. The van der Waals surface area contributed by atoms with Crippen molar-refractivity contribution in [2.45, 2.75) is 31.1 Å². The van der Waals surface area contributed by atoms with Crippen molar-refractivity contribution in [1.82, 2.24) is 9.78 Å². The Labute approximate surface area is 136 Å². The summed E-state index contributed by atoms with van der Waals surface area (Å²) in [5.74, 6) is -0.397. The van der Waals surface area contributed by atoms with E-state index in [0.29, 0.717) is 5.69 Å². The summed E-state index contributed by atoms with van der Waals surface area (Å²) in [5, 5.41) is 7.01. The highest BCUT2D eigenvalue weighted by atomic mass is 32.2. The van der Waals surface area contributed by atoms with Gasteiger partial charge in [0.25, 0.3) is 5.91 Å². The van der Waals surface area contributed by atoms with Gasteiger partial charge >= 0.3 is 0 Å². The minimum atomic E-state index is -3.43. The molecule has 0 bridgehead atoms. The van der Waals surface area contributed by atoms with Crippen LogP contribution in [-0.4, -0.2) is 30.4 Å². The van der Waals surface area contributed by atoms with Crippen molar-refractivity contribution in [3.05, 3.63) is 41.7 Å². The number of rotatable bonds is 3. The van der Waals surface area contributed by atoms with Gasteiger partial charge in [-0.25, -0.2) is 8.42 Å². The first-order valence-electron chi connectivity index (χ1n) is 7.15. The van der Waals surface area contributed by atoms with E-state index in [0.717, 1.165) is 11.9 Å². The number of carbonyl (C=O) groups is 1. The average molecular weight is 335 g/mol. The van der Waals surface area contributed by atoms with Gasteiger partial charge in [-0.3, -0.25) is 9.48 Å². The fourth-order valence-electron chi connectivity index (χ4n) is 2.13. The molecule has 7 heteroatoms. The van der Waals surface area contributed by atoms with E-state index in [9.17, 15) is 13.2 Å². The number of nitrogens with one attached hydrogen (secondary N) is 1. The molecule has 0 saturated heterocycles. The molecule has 0 radical (unpaired) electrons.